The molecule has 3 aromatic rings. The van der Waals surface area contributed by atoms with Crippen LogP contribution in [0.15, 0.2) is 60.7 Å². The molecular formula is C26H16N2O7. The molecule has 35 heavy (non-hydrogen) atoms. The maximum Gasteiger partial charge on any atom is 0.308 e. The lowest BCUT2D eigenvalue weighted by Gasteiger charge is -2.14. The number of benzene rings is 3. The van der Waals surface area contributed by atoms with Gasteiger partial charge in [-0.1, -0.05) is 18.2 Å². The molecule has 2 aliphatic heterocycles. The van der Waals surface area contributed by atoms with E-state index >= 15 is 0 Å². The van der Waals surface area contributed by atoms with Gasteiger partial charge in [-0.2, -0.15) is 0 Å². The zero-order valence-electron chi connectivity index (χ0n) is 18.5. The molecule has 3 aromatic carbocycles. The van der Waals surface area contributed by atoms with Gasteiger partial charge in [-0.3, -0.25) is 33.7 Å². The highest BCUT2D eigenvalue weighted by atomic mass is 16.5. The predicted octanol–water partition coefficient (Wildman–Crippen LogP) is 2.87. The first-order chi connectivity index (χ1) is 16.7. The van der Waals surface area contributed by atoms with Crippen LogP contribution in [0, 0.1) is 0 Å². The van der Waals surface area contributed by atoms with Crippen molar-refractivity contribution in [2.75, 3.05) is 11.9 Å². The van der Waals surface area contributed by atoms with Crippen molar-refractivity contribution < 1.29 is 33.5 Å². The summed E-state index contributed by atoms with van der Waals surface area (Å²) in [7, 11) is 1.36. The number of imide groups is 2. The molecule has 0 fully saturated rings. The zero-order chi connectivity index (χ0) is 25.0. The number of carbonyl (C=O) groups is 6. The average molecular weight is 468 g/mol. The first kappa shape index (κ1) is 21.9. The maximum absolute atomic E-state index is 13.1. The van der Waals surface area contributed by atoms with Crippen LogP contribution in [0.5, 0.6) is 5.75 Å². The molecule has 172 valence electrons. The molecule has 9 nitrogen and oxygen atoms in total. The first-order valence-corrected chi connectivity index (χ1v) is 10.5. The molecule has 5 rings (SSSR count). The van der Waals surface area contributed by atoms with E-state index < -0.39 is 35.4 Å². The number of hydrogen-bond acceptors (Lipinski definition) is 7. The molecule has 0 aromatic heterocycles. The molecule has 9 heteroatoms. The lowest BCUT2D eigenvalue weighted by atomic mass is 9.96. The van der Waals surface area contributed by atoms with Gasteiger partial charge in [0.1, 0.15) is 5.75 Å². The number of ketones is 1. The minimum absolute atomic E-state index is 0.0471. The smallest absolute Gasteiger partial charge is 0.308 e. The summed E-state index contributed by atoms with van der Waals surface area (Å²) >= 11 is 0. The molecule has 0 aliphatic carbocycles. The molecule has 0 atom stereocenters. The largest absolute Gasteiger partial charge is 0.427 e. The lowest BCUT2D eigenvalue weighted by molar-refractivity contribution is -0.131. The van der Waals surface area contributed by atoms with Gasteiger partial charge >= 0.3 is 5.97 Å². The number of carbonyl (C=O) groups excluding carboxylic acids is 6. The van der Waals surface area contributed by atoms with Gasteiger partial charge in [0.2, 0.25) is 0 Å². The number of fused-ring (bicyclic) bond motifs is 2. The quantitative estimate of drug-likeness (QED) is 0.250. The van der Waals surface area contributed by atoms with Crippen LogP contribution in [-0.4, -0.2) is 47.3 Å². The van der Waals surface area contributed by atoms with E-state index in [0.717, 1.165) is 9.80 Å². The predicted molar refractivity (Wildman–Crippen MR) is 122 cm³/mol. The second-order valence-electron chi connectivity index (χ2n) is 8.06. The van der Waals surface area contributed by atoms with Crippen LogP contribution < -0.4 is 9.64 Å². The summed E-state index contributed by atoms with van der Waals surface area (Å²) in [5.41, 5.74) is 1.05. The number of ether oxygens (including phenoxy) is 1. The molecule has 0 N–H and O–H groups in total. The van der Waals surface area contributed by atoms with Crippen LogP contribution in [0.1, 0.15) is 64.3 Å². The van der Waals surface area contributed by atoms with Gasteiger partial charge in [0.15, 0.2) is 5.78 Å². The fraction of sp³-hybridized carbons (Fsp3) is 0.0769. The highest BCUT2D eigenvalue weighted by molar-refractivity contribution is 6.35. The van der Waals surface area contributed by atoms with Crippen LogP contribution in [0.4, 0.5) is 5.69 Å². The third-order valence-corrected chi connectivity index (χ3v) is 5.84. The molecule has 0 spiro atoms. The van der Waals surface area contributed by atoms with E-state index in [-0.39, 0.29) is 44.8 Å². The lowest BCUT2D eigenvalue weighted by Crippen LogP contribution is -2.29. The SMILES string of the molecule is CC(=O)Oc1cccc(N2C(=O)c3ccc(C(=O)c4ccc5c(c4)C(=O)N(C)C5=O)cc3C2=O)c1. The summed E-state index contributed by atoms with van der Waals surface area (Å²) in [6, 6.07) is 14.4. The molecule has 0 bridgehead atoms. The Hall–Kier alpha value is -4.92. The van der Waals surface area contributed by atoms with E-state index in [2.05, 4.69) is 0 Å². The van der Waals surface area contributed by atoms with Gasteiger partial charge in [-0.25, -0.2) is 4.90 Å². The van der Waals surface area contributed by atoms with Crippen LogP contribution in [-0.2, 0) is 4.79 Å². The van der Waals surface area contributed by atoms with Crippen molar-refractivity contribution in [2.24, 2.45) is 0 Å². The first-order valence-electron chi connectivity index (χ1n) is 10.5. The zero-order valence-corrected chi connectivity index (χ0v) is 18.5. The average Bonchev–Trinajstić information content (AvgIpc) is 3.22. The number of amides is 4. The van der Waals surface area contributed by atoms with Crippen molar-refractivity contribution in [1.29, 1.82) is 0 Å². The summed E-state index contributed by atoms with van der Waals surface area (Å²) in [6.07, 6.45) is 0. The third-order valence-electron chi connectivity index (χ3n) is 5.84. The number of nitrogens with zero attached hydrogens (tertiary/aromatic N) is 2. The second kappa shape index (κ2) is 7.84. The van der Waals surface area contributed by atoms with E-state index in [1.807, 2.05) is 0 Å². The Kier molecular flexibility index (Phi) is 4.91. The van der Waals surface area contributed by atoms with Gasteiger partial charge in [-0.05, 0) is 36.4 Å². The summed E-state index contributed by atoms with van der Waals surface area (Å²) in [5, 5.41) is 0. The molecule has 0 unspecified atom stereocenters. The van der Waals surface area contributed by atoms with Crippen molar-refractivity contribution >= 4 is 41.1 Å². The second-order valence-corrected chi connectivity index (χ2v) is 8.06. The van der Waals surface area contributed by atoms with E-state index in [1.165, 1.54) is 68.6 Å². The minimum Gasteiger partial charge on any atom is -0.427 e. The van der Waals surface area contributed by atoms with Gasteiger partial charge in [-0.15, -0.1) is 0 Å². The highest BCUT2D eigenvalue weighted by Crippen LogP contribution is 2.32. The van der Waals surface area contributed by atoms with Gasteiger partial charge in [0.05, 0.1) is 27.9 Å². The maximum atomic E-state index is 13.1. The molecule has 0 saturated carbocycles. The molecular weight excluding hydrogens is 452 g/mol. The summed E-state index contributed by atoms with van der Waals surface area (Å²) < 4.78 is 5.03. The standard InChI is InChI=1S/C26H16N2O7/c1-13(29)35-17-5-3-4-16(12-17)28-25(33)19-9-7-15(11-21(19)26(28)34)22(30)14-6-8-18-20(10-14)24(32)27(2)23(18)31/h3-12H,1-2H3. The Bertz CT molecular complexity index is 1520. The Labute approximate surface area is 198 Å². The van der Waals surface area contributed by atoms with E-state index in [0.29, 0.717) is 0 Å². The highest BCUT2D eigenvalue weighted by Gasteiger charge is 2.38. The monoisotopic (exact) mass is 468 g/mol. The topological polar surface area (TPSA) is 118 Å². The van der Waals surface area contributed by atoms with Crippen LogP contribution in [0.25, 0.3) is 0 Å². The van der Waals surface area contributed by atoms with Gasteiger partial charge < -0.3 is 4.74 Å². The van der Waals surface area contributed by atoms with Crippen LogP contribution in [0.3, 0.4) is 0 Å². The van der Waals surface area contributed by atoms with Gasteiger partial charge in [0.25, 0.3) is 23.6 Å². The summed E-state index contributed by atoms with van der Waals surface area (Å²) in [6.45, 7) is 1.24. The minimum atomic E-state index is -0.629. The van der Waals surface area contributed by atoms with Crippen molar-refractivity contribution in [2.45, 2.75) is 6.92 Å². The van der Waals surface area contributed by atoms with E-state index in [4.69, 9.17) is 4.74 Å². The summed E-state index contributed by atoms with van der Waals surface area (Å²) in [4.78, 5) is 76.8. The van der Waals surface area contributed by atoms with Crippen LogP contribution in [0.2, 0.25) is 0 Å². The third kappa shape index (κ3) is 3.41. The summed E-state index contributed by atoms with van der Waals surface area (Å²) in [5.74, 6) is -2.98. The fourth-order valence-electron chi connectivity index (χ4n) is 4.14. The number of hydrogen-bond donors (Lipinski definition) is 0. The Morgan fingerprint density at radius 3 is 1.86 bits per heavy atom. The Morgan fingerprint density at radius 2 is 1.23 bits per heavy atom. The number of anilines is 1. The Balaban J connectivity index is 1.47. The van der Waals surface area contributed by atoms with Crippen molar-refractivity contribution in [3.63, 3.8) is 0 Å². The number of esters is 1. The molecule has 2 heterocycles. The van der Waals surface area contributed by atoms with Crippen molar-refractivity contribution in [3.8, 4) is 5.75 Å². The van der Waals surface area contributed by atoms with E-state index in [9.17, 15) is 28.8 Å². The Morgan fingerprint density at radius 1 is 0.686 bits per heavy atom. The number of rotatable bonds is 4. The molecule has 0 radical (unpaired) electrons. The van der Waals surface area contributed by atoms with Crippen molar-refractivity contribution in [1.82, 2.24) is 4.90 Å². The van der Waals surface area contributed by atoms with Crippen molar-refractivity contribution in [3.05, 3.63) is 94.0 Å². The van der Waals surface area contributed by atoms with Crippen LogP contribution >= 0.6 is 0 Å². The normalized spacial score (nSPS) is 14.3. The molecule has 2 aliphatic rings. The van der Waals surface area contributed by atoms with E-state index in [1.54, 1.807) is 6.07 Å². The van der Waals surface area contributed by atoms with Gasteiger partial charge in [0, 0.05) is 31.2 Å². The molecule has 0 saturated heterocycles. The molecule has 4 amide bonds. The fourth-order valence-corrected chi connectivity index (χ4v) is 4.14.